The standard InChI is InChI=1S/C14H17BrN4OS/c1-8(16)12(9-3-2-4-10(15)7-9)21-14-18-17-13(20)19(14)11-5-6-11/h2-4,7-8,11-12H,5-6,16H2,1H3,(H,17,20). The molecule has 112 valence electrons. The lowest BCUT2D eigenvalue weighted by Gasteiger charge is -2.20. The zero-order valence-electron chi connectivity index (χ0n) is 11.6. The van der Waals surface area contributed by atoms with E-state index in [-0.39, 0.29) is 17.0 Å². The quantitative estimate of drug-likeness (QED) is 0.795. The topological polar surface area (TPSA) is 76.7 Å². The van der Waals surface area contributed by atoms with Gasteiger partial charge in [0, 0.05) is 16.6 Å². The summed E-state index contributed by atoms with van der Waals surface area (Å²) < 4.78 is 2.78. The van der Waals surface area contributed by atoms with Gasteiger partial charge in [-0.15, -0.1) is 5.10 Å². The van der Waals surface area contributed by atoms with Gasteiger partial charge in [0.1, 0.15) is 0 Å². The van der Waals surface area contributed by atoms with Gasteiger partial charge in [-0.05, 0) is 37.5 Å². The lowest BCUT2D eigenvalue weighted by molar-refractivity contribution is 0.636. The Morgan fingerprint density at radius 1 is 1.52 bits per heavy atom. The smallest absolute Gasteiger partial charge is 0.327 e. The molecule has 1 aliphatic rings. The number of nitrogens with zero attached hydrogens (tertiary/aromatic N) is 2. The van der Waals surface area contributed by atoms with E-state index < -0.39 is 0 Å². The van der Waals surface area contributed by atoms with Crippen molar-refractivity contribution in [2.45, 2.75) is 42.3 Å². The number of thioether (sulfide) groups is 1. The lowest BCUT2D eigenvalue weighted by Crippen LogP contribution is -2.23. The number of nitrogens with two attached hydrogens (primary N) is 1. The summed E-state index contributed by atoms with van der Waals surface area (Å²) in [6.45, 7) is 1.98. The van der Waals surface area contributed by atoms with Gasteiger partial charge >= 0.3 is 5.69 Å². The lowest BCUT2D eigenvalue weighted by atomic mass is 10.1. The normalized spacial score (nSPS) is 17.7. The first-order chi connectivity index (χ1) is 10.1. The van der Waals surface area contributed by atoms with Gasteiger partial charge in [-0.3, -0.25) is 4.57 Å². The Kier molecular flexibility index (Phi) is 4.24. The molecule has 3 N–H and O–H groups in total. The molecule has 2 atom stereocenters. The molecular formula is C14H17BrN4OS. The van der Waals surface area contributed by atoms with Crippen molar-refractivity contribution >= 4 is 27.7 Å². The van der Waals surface area contributed by atoms with Crippen molar-refractivity contribution < 1.29 is 0 Å². The Labute approximate surface area is 135 Å². The molecule has 1 saturated carbocycles. The van der Waals surface area contributed by atoms with Crippen LogP contribution in [0.4, 0.5) is 0 Å². The van der Waals surface area contributed by atoms with E-state index >= 15 is 0 Å². The van der Waals surface area contributed by atoms with Crippen molar-refractivity contribution in [2.24, 2.45) is 5.73 Å². The molecule has 3 rings (SSSR count). The van der Waals surface area contributed by atoms with Gasteiger partial charge in [0.05, 0.1) is 5.25 Å². The Bertz CT molecular complexity index is 692. The molecule has 2 unspecified atom stereocenters. The van der Waals surface area contributed by atoms with Crippen LogP contribution < -0.4 is 11.4 Å². The summed E-state index contributed by atoms with van der Waals surface area (Å²) >= 11 is 5.04. The van der Waals surface area contributed by atoms with Crippen LogP contribution in [0.5, 0.6) is 0 Å². The average Bonchev–Trinajstić information content (AvgIpc) is 3.20. The molecule has 1 aromatic carbocycles. The van der Waals surface area contributed by atoms with Crippen LogP contribution >= 0.6 is 27.7 Å². The molecule has 21 heavy (non-hydrogen) atoms. The molecule has 1 heterocycles. The van der Waals surface area contributed by atoms with Crippen LogP contribution in [0.2, 0.25) is 0 Å². The van der Waals surface area contributed by atoms with Crippen LogP contribution in [-0.4, -0.2) is 20.8 Å². The van der Waals surface area contributed by atoms with Crippen LogP contribution in [0.15, 0.2) is 38.7 Å². The zero-order chi connectivity index (χ0) is 15.0. The SMILES string of the molecule is CC(N)C(Sc1n[nH]c(=O)n1C1CC1)c1cccc(Br)c1. The van der Waals surface area contributed by atoms with Crippen LogP contribution in [-0.2, 0) is 0 Å². The van der Waals surface area contributed by atoms with Crippen molar-refractivity contribution in [2.75, 3.05) is 0 Å². The molecule has 1 aliphatic carbocycles. The highest BCUT2D eigenvalue weighted by molar-refractivity contribution is 9.10. The maximum atomic E-state index is 11.9. The molecule has 0 aliphatic heterocycles. The highest BCUT2D eigenvalue weighted by Crippen LogP contribution is 2.41. The van der Waals surface area contributed by atoms with Crippen molar-refractivity contribution in [3.63, 3.8) is 0 Å². The van der Waals surface area contributed by atoms with E-state index in [0.29, 0.717) is 6.04 Å². The summed E-state index contributed by atoms with van der Waals surface area (Å²) in [5, 5.41) is 7.50. The minimum Gasteiger partial charge on any atom is -0.327 e. The molecule has 5 nitrogen and oxygen atoms in total. The predicted octanol–water partition coefficient (Wildman–Crippen LogP) is 2.85. The van der Waals surface area contributed by atoms with Gasteiger partial charge in [0.15, 0.2) is 5.16 Å². The van der Waals surface area contributed by atoms with Gasteiger partial charge in [-0.25, -0.2) is 9.89 Å². The third-order valence-electron chi connectivity index (χ3n) is 3.47. The van der Waals surface area contributed by atoms with Crippen molar-refractivity contribution in [1.29, 1.82) is 0 Å². The molecule has 0 radical (unpaired) electrons. The second kappa shape index (κ2) is 5.98. The summed E-state index contributed by atoms with van der Waals surface area (Å²) in [5.41, 5.74) is 7.15. The number of halogens is 1. The summed E-state index contributed by atoms with van der Waals surface area (Å²) in [7, 11) is 0. The van der Waals surface area contributed by atoms with E-state index in [1.165, 1.54) is 0 Å². The van der Waals surface area contributed by atoms with Crippen LogP contribution in [0.3, 0.4) is 0 Å². The monoisotopic (exact) mass is 368 g/mol. The van der Waals surface area contributed by atoms with Gasteiger partial charge in [0.25, 0.3) is 0 Å². The molecule has 2 aromatic rings. The van der Waals surface area contributed by atoms with Gasteiger partial charge in [0.2, 0.25) is 0 Å². The number of hydrogen-bond acceptors (Lipinski definition) is 4. The minimum absolute atomic E-state index is 0.0511. The highest BCUT2D eigenvalue weighted by Gasteiger charge is 2.30. The third kappa shape index (κ3) is 3.25. The average molecular weight is 369 g/mol. The van der Waals surface area contributed by atoms with Gasteiger partial charge in [-0.2, -0.15) is 0 Å². The van der Waals surface area contributed by atoms with Crippen molar-refractivity contribution in [1.82, 2.24) is 14.8 Å². The Hall–Kier alpha value is -1.05. The Balaban J connectivity index is 1.91. The molecule has 7 heteroatoms. The maximum absolute atomic E-state index is 11.9. The van der Waals surface area contributed by atoms with E-state index in [0.717, 1.165) is 28.0 Å². The van der Waals surface area contributed by atoms with E-state index in [1.807, 2.05) is 19.1 Å². The summed E-state index contributed by atoms with van der Waals surface area (Å²) in [6, 6.07) is 8.35. The fourth-order valence-corrected chi connectivity index (χ4v) is 3.89. The number of nitrogens with one attached hydrogen (secondary N) is 1. The molecule has 0 amide bonds. The largest absolute Gasteiger partial charge is 0.344 e. The highest BCUT2D eigenvalue weighted by atomic mass is 79.9. The molecule has 0 spiro atoms. The zero-order valence-corrected chi connectivity index (χ0v) is 14.0. The van der Waals surface area contributed by atoms with Crippen LogP contribution in [0, 0.1) is 0 Å². The fourth-order valence-electron chi connectivity index (χ4n) is 2.30. The second-order valence-electron chi connectivity index (χ2n) is 5.37. The first-order valence-corrected chi connectivity index (χ1v) is 8.58. The number of hydrogen-bond donors (Lipinski definition) is 2. The number of H-pyrrole nitrogens is 1. The molecule has 0 saturated heterocycles. The molecule has 1 fully saturated rings. The molecular weight excluding hydrogens is 352 g/mol. The Morgan fingerprint density at radius 2 is 2.29 bits per heavy atom. The Morgan fingerprint density at radius 3 is 2.90 bits per heavy atom. The van der Waals surface area contributed by atoms with E-state index in [4.69, 9.17) is 5.73 Å². The summed E-state index contributed by atoms with van der Waals surface area (Å²) in [4.78, 5) is 11.9. The summed E-state index contributed by atoms with van der Waals surface area (Å²) in [6.07, 6.45) is 2.10. The third-order valence-corrected chi connectivity index (χ3v) is 5.42. The predicted molar refractivity (Wildman–Crippen MR) is 87.5 cm³/mol. The number of aromatic nitrogens is 3. The number of rotatable bonds is 5. The number of benzene rings is 1. The maximum Gasteiger partial charge on any atom is 0.344 e. The first-order valence-electron chi connectivity index (χ1n) is 6.91. The van der Waals surface area contributed by atoms with Gasteiger partial charge < -0.3 is 5.73 Å². The van der Waals surface area contributed by atoms with Crippen LogP contribution in [0.1, 0.15) is 36.6 Å². The van der Waals surface area contributed by atoms with Crippen LogP contribution in [0.25, 0.3) is 0 Å². The number of aromatic amines is 1. The first kappa shape index (κ1) is 14.9. The van der Waals surface area contributed by atoms with Crippen molar-refractivity contribution in [3.8, 4) is 0 Å². The van der Waals surface area contributed by atoms with E-state index in [2.05, 4.69) is 38.3 Å². The molecule has 1 aromatic heterocycles. The molecule has 0 bridgehead atoms. The minimum atomic E-state index is -0.127. The second-order valence-corrected chi connectivity index (χ2v) is 7.39. The van der Waals surface area contributed by atoms with E-state index in [9.17, 15) is 4.79 Å². The van der Waals surface area contributed by atoms with Gasteiger partial charge in [-0.1, -0.05) is 39.8 Å². The van der Waals surface area contributed by atoms with E-state index in [1.54, 1.807) is 16.3 Å². The van der Waals surface area contributed by atoms with Crippen molar-refractivity contribution in [3.05, 3.63) is 44.8 Å². The summed E-state index contributed by atoms with van der Waals surface area (Å²) in [5.74, 6) is 0. The fraction of sp³-hybridized carbons (Fsp3) is 0.429.